The van der Waals surface area contributed by atoms with Crippen LogP contribution in [0.5, 0.6) is 5.75 Å². The largest absolute Gasteiger partial charge is 0.489 e. The molecule has 1 aromatic rings. The fourth-order valence-corrected chi connectivity index (χ4v) is 1.89. The van der Waals surface area contributed by atoms with Crippen LogP contribution in [-0.4, -0.2) is 40.1 Å². The van der Waals surface area contributed by atoms with Gasteiger partial charge in [0, 0.05) is 19.3 Å². The van der Waals surface area contributed by atoms with Crippen molar-refractivity contribution >= 4 is 21.4 Å². The number of rotatable bonds is 7. The lowest BCUT2D eigenvalue weighted by atomic mass is 10.3. The second-order valence-corrected chi connectivity index (χ2v) is 6.45. The normalized spacial score (nSPS) is 11.5. The summed E-state index contributed by atoms with van der Waals surface area (Å²) in [6.45, 7) is 1.02. The van der Waals surface area contributed by atoms with Gasteiger partial charge in [-0.1, -0.05) is 17.7 Å². The first-order chi connectivity index (χ1) is 8.40. The molecule has 0 saturated heterocycles. The van der Waals surface area contributed by atoms with Crippen LogP contribution in [0, 0.1) is 5.82 Å². The van der Waals surface area contributed by atoms with Crippen LogP contribution in [0.15, 0.2) is 18.2 Å². The van der Waals surface area contributed by atoms with Crippen LogP contribution in [0.2, 0.25) is 5.02 Å². The Bertz CT molecular complexity index is 493. The van der Waals surface area contributed by atoms with Gasteiger partial charge in [-0.25, -0.2) is 12.8 Å². The van der Waals surface area contributed by atoms with Crippen molar-refractivity contribution in [3.8, 4) is 5.75 Å². The molecular formula is C11H15ClFNO3S. The predicted molar refractivity (Wildman–Crippen MR) is 69.5 cm³/mol. The lowest BCUT2D eigenvalue weighted by molar-refractivity contribution is 0.300. The zero-order chi connectivity index (χ0) is 13.6. The summed E-state index contributed by atoms with van der Waals surface area (Å²) in [6, 6.07) is 4.52. The Morgan fingerprint density at radius 2 is 2.11 bits per heavy atom. The van der Waals surface area contributed by atoms with Gasteiger partial charge in [-0.05, 0) is 12.1 Å². The molecule has 0 aliphatic rings. The van der Waals surface area contributed by atoms with Gasteiger partial charge in [0.15, 0.2) is 11.6 Å². The van der Waals surface area contributed by atoms with E-state index in [9.17, 15) is 12.8 Å². The quantitative estimate of drug-likeness (QED) is 0.775. The van der Waals surface area contributed by atoms with Crippen LogP contribution in [0.1, 0.15) is 0 Å². The molecule has 102 valence electrons. The molecule has 4 nitrogen and oxygen atoms in total. The minimum Gasteiger partial charge on any atom is -0.489 e. The summed E-state index contributed by atoms with van der Waals surface area (Å²) in [5.74, 6) is -0.430. The minimum absolute atomic E-state index is 0.0116. The Labute approximate surface area is 111 Å². The summed E-state index contributed by atoms with van der Waals surface area (Å²) in [5, 5.41) is 2.90. The number of nitrogens with one attached hydrogen (secondary N) is 1. The van der Waals surface area contributed by atoms with E-state index in [4.69, 9.17) is 16.3 Å². The molecule has 1 rings (SSSR count). The van der Waals surface area contributed by atoms with Crippen molar-refractivity contribution in [1.29, 1.82) is 0 Å². The van der Waals surface area contributed by atoms with E-state index in [-0.39, 0.29) is 23.1 Å². The third-order valence-electron chi connectivity index (χ3n) is 2.10. The highest BCUT2D eigenvalue weighted by Crippen LogP contribution is 2.23. The maximum absolute atomic E-state index is 13.4. The number of hydrogen-bond acceptors (Lipinski definition) is 4. The zero-order valence-electron chi connectivity index (χ0n) is 9.95. The summed E-state index contributed by atoms with van der Waals surface area (Å²) in [4.78, 5) is 0. The van der Waals surface area contributed by atoms with Gasteiger partial charge in [0.2, 0.25) is 0 Å². The molecule has 0 aromatic heterocycles. The Morgan fingerprint density at radius 3 is 2.78 bits per heavy atom. The average molecular weight is 296 g/mol. The fraction of sp³-hybridized carbons (Fsp3) is 0.455. The number of ether oxygens (including phenoxy) is 1. The number of sulfone groups is 1. The van der Waals surface area contributed by atoms with E-state index in [1.54, 1.807) is 6.07 Å². The Hall–Kier alpha value is -0.850. The monoisotopic (exact) mass is 295 g/mol. The Morgan fingerprint density at radius 1 is 1.39 bits per heavy atom. The van der Waals surface area contributed by atoms with Crippen molar-refractivity contribution in [3.05, 3.63) is 29.0 Å². The lowest BCUT2D eigenvalue weighted by Crippen LogP contribution is -2.26. The van der Waals surface area contributed by atoms with Gasteiger partial charge in [-0.2, -0.15) is 0 Å². The van der Waals surface area contributed by atoms with Crippen LogP contribution >= 0.6 is 11.6 Å². The van der Waals surface area contributed by atoms with E-state index >= 15 is 0 Å². The predicted octanol–water partition coefficient (Wildman–Crippen LogP) is 1.49. The summed E-state index contributed by atoms with van der Waals surface area (Å²) < 4.78 is 40.2. The van der Waals surface area contributed by atoms with Gasteiger partial charge < -0.3 is 10.1 Å². The molecule has 0 heterocycles. The molecule has 0 aliphatic heterocycles. The molecule has 0 bridgehead atoms. The standard InChI is InChI=1S/C11H15ClFNO3S/c1-18(15,16)8-6-14-5-7-17-10-4-2-3-9(12)11(10)13/h2-4,14H,5-8H2,1H3. The summed E-state index contributed by atoms with van der Waals surface area (Å²) in [7, 11) is -2.96. The van der Waals surface area contributed by atoms with Gasteiger partial charge in [0.1, 0.15) is 16.4 Å². The summed E-state index contributed by atoms with van der Waals surface area (Å²) >= 11 is 5.59. The van der Waals surface area contributed by atoms with Gasteiger partial charge in [0.05, 0.1) is 10.8 Å². The first kappa shape index (κ1) is 15.2. The first-order valence-corrected chi connectivity index (χ1v) is 7.79. The molecule has 0 radical (unpaired) electrons. The van der Waals surface area contributed by atoms with Gasteiger partial charge >= 0.3 is 0 Å². The molecular weight excluding hydrogens is 281 g/mol. The van der Waals surface area contributed by atoms with E-state index in [0.29, 0.717) is 13.1 Å². The van der Waals surface area contributed by atoms with Crippen LogP contribution in [0.25, 0.3) is 0 Å². The van der Waals surface area contributed by atoms with Crippen LogP contribution in [0.3, 0.4) is 0 Å². The molecule has 18 heavy (non-hydrogen) atoms. The topological polar surface area (TPSA) is 55.4 Å². The highest BCUT2D eigenvalue weighted by atomic mass is 35.5. The Balaban J connectivity index is 2.24. The molecule has 0 spiro atoms. The minimum atomic E-state index is -2.96. The van der Waals surface area contributed by atoms with Crippen molar-refractivity contribution in [2.75, 3.05) is 31.7 Å². The van der Waals surface area contributed by atoms with Crippen LogP contribution in [0.4, 0.5) is 4.39 Å². The molecule has 0 amide bonds. The highest BCUT2D eigenvalue weighted by Gasteiger charge is 2.06. The van der Waals surface area contributed by atoms with E-state index < -0.39 is 15.7 Å². The van der Waals surface area contributed by atoms with Crippen LogP contribution in [-0.2, 0) is 9.84 Å². The van der Waals surface area contributed by atoms with Gasteiger partial charge in [0.25, 0.3) is 0 Å². The van der Waals surface area contributed by atoms with Crippen molar-refractivity contribution < 1.29 is 17.5 Å². The van der Waals surface area contributed by atoms with Crippen molar-refractivity contribution in [3.63, 3.8) is 0 Å². The third kappa shape index (κ3) is 5.66. The number of hydrogen-bond donors (Lipinski definition) is 1. The van der Waals surface area contributed by atoms with Crippen LogP contribution < -0.4 is 10.1 Å². The molecule has 0 saturated carbocycles. The number of benzene rings is 1. The molecule has 7 heteroatoms. The fourth-order valence-electron chi connectivity index (χ4n) is 1.21. The Kier molecular flexibility index (Phi) is 5.84. The highest BCUT2D eigenvalue weighted by molar-refractivity contribution is 7.90. The second-order valence-electron chi connectivity index (χ2n) is 3.78. The van der Waals surface area contributed by atoms with E-state index in [0.717, 1.165) is 0 Å². The molecule has 0 unspecified atom stereocenters. The maximum atomic E-state index is 13.4. The first-order valence-electron chi connectivity index (χ1n) is 5.35. The molecule has 0 aliphatic carbocycles. The SMILES string of the molecule is CS(=O)(=O)CCNCCOc1cccc(Cl)c1F. The summed E-state index contributed by atoms with van der Waals surface area (Å²) in [5.41, 5.74) is 0. The van der Waals surface area contributed by atoms with Gasteiger partial charge in [-0.15, -0.1) is 0 Å². The van der Waals surface area contributed by atoms with E-state index in [1.807, 2.05) is 0 Å². The zero-order valence-corrected chi connectivity index (χ0v) is 11.5. The molecule has 1 aromatic carbocycles. The maximum Gasteiger partial charge on any atom is 0.183 e. The second kappa shape index (κ2) is 6.92. The average Bonchev–Trinajstić information content (AvgIpc) is 2.27. The van der Waals surface area contributed by atoms with E-state index in [2.05, 4.69) is 5.32 Å². The van der Waals surface area contributed by atoms with Gasteiger partial charge in [-0.3, -0.25) is 0 Å². The lowest BCUT2D eigenvalue weighted by Gasteiger charge is -2.08. The van der Waals surface area contributed by atoms with Crippen molar-refractivity contribution in [2.24, 2.45) is 0 Å². The molecule has 0 fully saturated rings. The number of halogens is 2. The molecule has 0 atom stereocenters. The third-order valence-corrected chi connectivity index (χ3v) is 3.34. The molecule has 1 N–H and O–H groups in total. The van der Waals surface area contributed by atoms with Crippen molar-refractivity contribution in [2.45, 2.75) is 0 Å². The summed E-state index contributed by atoms with van der Waals surface area (Å²) in [6.07, 6.45) is 1.17. The van der Waals surface area contributed by atoms with Crippen molar-refractivity contribution in [1.82, 2.24) is 5.32 Å². The van der Waals surface area contributed by atoms with E-state index in [1.165, 1.54) is 18.4 Å². The smallest absolute Gasteiger partial charge is 0.183 e.